The van der Waals surface area contributed by atoms with E-state index in [0.717, 1.165) is 12.1 Å². The summed E-state index contributed by atoms with van der Waals surface area (Å²) in [6.07, 6.45) is -3.88. The third-order valence-corrected chi connectivity index (χ3v) is 4.93. The van der Waals surface area contributed by atoms with Crippen LogP contribution in [0.25, 0.3) is 0 Å². The van der Waals surface area contributed by atoms with E-state index >= 15 is 0 Å². The minimum Gasteiger partial charge on any atom is -0.307 e. The summed E-state index contributed by atoms with van der Waals surface area (Å²) >= 11 is 0. The number of allylic oxidation sites excluding steroid dienone is 2. The molecule has 1 aromatic carbocycles. The van der Waals surface area contributed by atoms with Crippen LogP contribution < -0.4 is 5.32 Å². The van der Waals surface area contributed by atoms with Crippen molar-refractivity contribution in [1.82, 2.24) is 4.98 Å². The van der Waals surface area contributed by atoms with Crippen molar-refractivity contribution in [2.75, 3.05) is 5.32 Å². The maximum atomic E-state index is 12.7. The van der Waals surface area contributed by atoms with Crippen molar-refractivity contribution in [3.63, 3.8) is 0 Å². The summed E-state index contributed by atoms with van der Waals surface area (Å²) in [7, 11) is 0. The molecular weight excluding hydrogens is 407 g/mol. The van der Waals surface area contributed by atoms with Crippen LogP contribution in [0.3, 0.4) is 0 Å². The molecule has 0 aliphatic carbocycles. The highest BCUT2D eigenvalue weighted by Crippen LogP contribution is 2.38. The molecule has 31 heavy (non-hydrogen) atoms. The quantitative estimate of drug-likeness (QED) is 0.762. The van der Waals surface area contributed by atoms with E-state index in [1.165, 1.54) is 6.07 Å². The largest absolute Gasteiger partial charge is 0.417 e. The standard InChI is InChI=1S/C22H16F3N5O/c1-12-17(9-26)20(18(10-27)13(2)29-12)14-4-3-5-15(8-14)21(31)30-19-7-6-16(11-28-19)22(23,24)25/h3-8,11,17,20H,1-2H3,(H,28,30,31). The molecule has 2 heterocycles. The summed E-state index contributed by atoms with van der Waals surface area (Å²) in [6.45, 7) is 3.40. The zero-order valence-corrected chi connectivity index (χ0v) is 16.5. The smallest absolute Gasteiger partial charge is 0.307 e. The van der Waals surface area contributed by atoms with E-state index in [1.807, 2.05) is 0 Å². The Bertz CT molecular complexity index is 1170. The van der Waals surface area contributed by atoms with Crippen molar-refractivity contribution in [2.45, 2.75) is 25.9 Å². The van der Waals surface area contributed by atoms with Gasteiger partial charge in [0.05, 0.1) is 34.9 Å². The molecule has 3 rings (SSSR count). The molecule has 0 saturated carbocycles. The highest BCUT2D eigenvalue weighted by molar-refractivity contribution is 6.04. The summed E-state index contributed by atoms with van der Waals surface area (Å²) in [5, 5.41) is 21.7. The average molecular weight is 423 g/mol. The number of hydrogen-bond acceptors (Lipinski definition) is 5. The molecule has 2 atom stereocenters. The van der Waals surface area contributed by atoms with E-state index in [2.05, 4.69) is 27.4 Å². The predicted octanol–water partition coefficient (Wildman–Crippen LogP) is 4.85. The summed E-state index contributed by atoms with van der Waals surface area (Å²) in [5.41, 5.74) is 1.32. The van der Waals surface area contributed by atoms with Crippen molar-refractivity contribution >= 4 is 17.4 Å². The number of amides is 1. The molecule has 0 saturated heterocycles. The topological polar surface area (TPSA) is 102 Å². The Kier molecular flexibility index (Phi) is 5.89. The number of nitriles is 2. The Balaban J connectivity index is 1.89. The molecule has 2 aromatic rings. The third-order valence-electron chi connectivity index (χ3n) is 4.93. The number of rotatable bonds is 3. The number of halogens is 3. The monoisotopic (exact) mass is 423 g/mol. The van der Waals surface area contributed by atoms with Gasteiger partial charge in [-0.3, -0.25) is 9.79 Å². The van der Waals surface area contributed by atoms with Gasteiger partial charge in [-0.1, -0.05) is 12.1 Å². The second-order valence-corrected chi connectivity index (χ2v) is 6.96. The predicted molar refractivity (Wildman–Crippen MR) is 107 cm³/mol. The summed E-state index contributed by atoms with van der Waals surface area (Å²) in [6, 6.07) is 12.6. The van der Waals surface area contributed by atoms with Crippen molar-refractivity contribution in [2.24, 2.45) is 10.9 Å². The fourth-order valence-corrected chi connectivity index (χ4v) is 3.40. The molecule has 1 amide bonds. The first kappa shape index (κ1) is 21.7. The van der Waals surface area contributed by atoms with Gasteiger partial charge in [-0.05, 0) is 43.7 Å². The van der Waals surface area contributed by atoms with Gasteiger partial charge in [0.1, 0.15) is 5.82 Å². The zero-order valence-electron chi connectivity index (χ0n) is 16.5. The number of nitrogens with one attached hydrogen (secondary N) is 1. The molecule has 1 N–H and O–H groups in total. The lowest BCUT2D eigenvalue weighted by Gasteiger charge is -2.27. The molecule has 9 heteroatoms. The zero-order chi connectivity index (χ0) is 22.8. The second kappa shape index (κ2) is 8.41. The lowest BCUT2D eigenvalue weighted by Crippen LogP contribution is -2.25. The number of carbonyl (C=O) groups is 1. The number of aliphatic imine (C=N–C) groups is 1. The van der Waals surface area contributed by atoms with Crippen molar-refractivity contribution in [1.29, 1.82) is 10.5 Å². The number of hydrogen-bond donors (Lipinski definition) is 1. The van der Waals surface area contributed by atoms with Crippen LogP contribution in [0.2, 0.25) is 0 Å². The van der Waals surface area contributed by atoms with Gasteiger partial charge in [-0.15, -0.1) is 0 Å². The molecule has 0 bridgehead atoms. The molecular formula is C22H16F3N5O. The van der Waals surface area contributed by atoms with Gasteiger partial charge in [0.25, 0.3) is 5.91 Å². The number of aromatic nitrogens is 1. The van der Waals surface area contributed by atoms with Gasteiger partial charge in [0.2, 0.25) is 0 Å². The lowest BCUT2D eigenvalue weighted by atomic mass is 9.76. The molecule has 1 aliphatic rings. The van der Waals surface area contributed by atoms with E-state index < -0.39 is 29.5 Å². The molecule has 2 unspecified atom stereocenters. The van der Waals surface area contributed by atoms with Gasteiger partial charge in [0, 0.05) is 23.4 Å². The van der Waals surface area contributed by atoms with Crippen molar-refractivity contribution in [3.8, 4) is 12.1 Å². The van der Waals surface area contributed by atoms with Crippen LogP contribution in [0, 0.1) is 28.6 Å². The number of alkyl halides is 3. The van der Waals surface area contributed by atoms with Crippen LogP contribution in [-0.4, -0.2) is 16.6 Å². The SMILES string of the molecule is CC1=NC(C)=C(C#N)C(c2cccc(C(=O)Nc3ccc(C(F)(F)F)cn3)c2)C1C#N. The molecule has 1 aromatic heterocycles. The Morgan fingerprint density at radius 1 is 1.16 bits per heavy atom. The Morgan fingerprint density at radius 2 is 1.90 bits per heavy atom. The first-order valence-corrected chi connectivity index (χ1v) is 9.16. The highest BCUT2D eigenvalue weighted by atomic mass is 19.4. The van der Waals surface area contributed by atoms with E-state index in [4.69, 9.17) is 0 Å². The van der Waals surface area contributed by atoms with Crippen LogP contribution in [0.4, 0.5) is 19.0 Å². The van der Waals surface area contributed by atoms with Gasteiger partial charge in [-0.2, -0.15) is 23.7 Å². The minimum atomic E-state index is -4.52. The van der Waals surface area contributed by atoms with Crippen LogP contribution in [0.15, 0.2) is 58.9 Å². The van der Waals surface area contributed by atoms with Crippen LogP contribution >= 0.6 is 0 Å². The van der Waals surface area contributed by atoms with E-state index in [1.54, 1.807) is 32.0 Å². The molecule has 0 fully saturated rings. The fourth-order valence-electron chi connectivity index (χ4n) is 3.40. The molecule has 0 radical (unpaired) electrons. The lowest BCUT2D eigenvalue weighted by molar-refractivity contribution is -0.137. The van der Waals surface area contributed by atoms with E-state index in [9.17, 15) is 28.5 Å². The highest BCUT2D eigenvalue weighted by Gasteiger charge is 2.34. The summed E-state index contributed by atoms with van der Waals surface area (Å²) in [5.74, 6) is -1.85. The first-order valence-electron chi connectivity index (χ1n) is 9.16. The average Bonchev–Trinajstić information content (AvgIpc) is 2.73. The normalized spacial score (nSPS) is 18.6. The first-order chi connectivity index (χ1) is 14.7. The molecule has 156 valence electrons. The van der Waals surface area contributed by atoms with Gasteiger partial charge in [-0.25, -0.2) is 4.98 Å². The number of pyridine rings is 1. The maximum Gasteiger partial charge on any atom is 0.417 e. The summed E-state index contributed by atoms with van der Waals surface area (Å²) in [4.78, 5) is 20.5. The molecule has 0 spiro atoms. The molecule has 6 nitrogen and oxygen atoms in total. The Labute approximate surface area is 176 Å². The van der Waals surface area contributed by atoms with Crippen LogP contribution in [0.1, 0.15) is 41.3 Å². The van der Waals surface area contributed by atoms with Crippen molar-refractivity contribution in [3.05, 3.63) is 70.6 Å². The van der Waals surface area contributed by atoms with E-state index in [0.29, 0.717) is 28.7 Å². The fraction of sp³-hybridized carbons (Fsp3) is 0.227. The number of anilines is 1. The summed E-state index contributed by atoms with van der Waals surface area (Å²) < 4.78 is 38.0. The minimum absolute atomic E-state index is 0.0348. The number of nitrogens with zero attached hydrogens (tertiary/aromatic N) is 4. The Hall–Kier alpha value is -3.98. The Morgan fingerprint density at radius 3 is 2.48 bits per heavy atom. The van der Waals surface area contributed by atoms with Gasteiger partial charge >= 0.3 is 6.18 Å². The van der Waals surface area contributed by atoms with Crippen LogP contribution in [0.5, 0.6) is 0 Å². The number of benzene rings is 1. The molecule has 1 aliphatic heterocycles. The van der Waals surface area contributed by atoms with Crippen LogP contribution in [-0.2, 0) is 6.18 Å². The van der Waals surface area contributed by atoms with Crippen molar-refractivity contribution < 1.29 is 18.0 Å². The second-order valence-electron chi connectivity index (χ2n) is 6.96. The van der Waals surface area contributed by atoms with Gasteiger partial charge in [0.15, 0.2) is 0 Å². The van der Waals surface area contributed by atoms with Gasteiger partial charge < -0.3 is 5.32 Å². The third kappa shape index (κ3) is 4.46. The van der Waals surface area contributed by atoms with E-state index in [-0.39, 0.29) is 11.4 Å². The maximum absolute atomic E-state index is 12.7. The number of carbonyl (C=O) groups excluding carboxylic acids is 1.